The van der Waals surface area contributed by atoms with E-state index in [1.165, 1.54) is 18.2 Å². The molecule has 0 saturated carbocycles. The monoisotopic (exact) mass is 402 g/mol. The lowest BCUT2D eigenvalue weighted by atomic mass is 10.1. The summed E-state index contributed by atoms with van der Waals surface area (Å²) in [5.41, 5.74) is 4.10. The fourth-order valence-electron chi connectivity index (χ4n) is 3.07. The maximum Gasteiger partial charge on any atom is 0.248 e. The molecule has 0 aliphatic rings. The fourth-order valence-corrected chi connectivity index (χ4v) is 3.07. The molecule has 30 heavy (non-hydrogen) atoms. The van der Waals surface area contributed by atoms with Crippen LogP contribution in [0.4, 0.5) is 10.1 Å². The van der Waals surface area contributed by atoms with E-state index in [9.17, 15) is 9.18 Å². The first-order valence-electron chi connectivity index (χ1n) is 9.28. The van der Waals surface area contributed by atoms with Crippen molar-refractivity contribution >= 4 is 17.7 Å². The van der Waals surface area contributed by atoms with Crippen LogP contribution in [-0.4, -0.2) is 30.7 Å². The van der Waals surface area contributed by atoms with Crippen LogP contribution in [0.15, 0.2) is 73.2 Å². The molecule has 0 aliphatic heterocycles. The van der Waals surface area contributed by atoms with Crippen LogP contribution in [0.2, 0.25) is 0 Å². The van der Waals surface area contributed by atoms with Gasteiger partial charge in [0.25, 0.3) is 0 Å². The number of benzene rings is 2. The van der Waals surface area contributed by atoms with Crippen LogP contribution in [0.3, 0.4) is 0 Å². The average Bonchev–Trinajstić information content (AvgIpc) is 3.38. The molecule has 1 amide bonds. The van der Waals surface area contributed by atoms with Gasteiger partial charge < -0.3 is 5.32 Å². The molecule has 0 saturated heterocycles. The molecule has 2 aromatic carbocycles. The number of aryl methyl sites for hydroxylation is 1. The summed E-state index contributed by atoms with van der Waals surface area (Å²) < 4.78 is 14.9. The number of aromatic nitrogens is 5. The smallest absolute Gasteiger partial charge is 0.248 e. The van der Waals surface area contributed by atoms with E-state index in [0.29, 0.717) is 12.2 Å². The van der Waals surface area contributed by atoms with E-state index in [2.05, 4.69) is 20.6 Å². The molecular weight excluding hydrogens is 383 g/mol. The number of hydrogen-bond donors (Lipinski definition) is 1. The highest BCUT2D eigenvalue weighted by atomic mass is 19.1. The Labute approximate surface area is 172 Å². The Hall–Kier alpha value is -4.07. The maximum absolute atomic E-state index is 13.2. The zero-order chi connectivity index (χ0) is 20.9. The molecule has 0 radical (unpaired) electrons. The van der Waals surface area contributed by atoms with Crippen LogP contribution in [0, 0.1) is 5.82 Å². The summed E-state index contributed by atoms with van der Waals surface area (Å²) in [5, 5.41) is 15.2. The van der Waals surface area contributed by atoms with Gasteiger partial charge in [-0.2, -0.15) is 20.1 Å². The predicted octanol–water partition coefficient (Wildman–Crippen LogP) is 3.52. The topological polar surface area (TPSA) is 77.6 Å². The highest BCUT2D eigenvalue weighted by molar-refractivity contribution is 6.02. The highest BCUT2D eigenvalue weighted by Gasteiger charge is 2.09. The van der Waals surface area contributed by atoms with E-state index < -0.39 is 0 Å². The normalized spacial score (nSPS) is 11.1. The van der Waals surface area contributed by atoms with Gasteiger partial charge in [0.2, 0.25) is 5.91 Å². The van der Waals surface area contributed by atoms with Gasteiger partial charge in [0.15, 0.2) is 0 Å². The number of rotatable bonds is 6. The second-order valence-electron chi connectivity index (χ2n) is 6.66. The van der Waals surface area contributed by atoms with Gasteiger partial charge >= 0.3 is 0 Å². The number of halogens is 1. The van der Waals surface area contributed by atoms with Crippen molar-refractivity contribution in [2.24, 2.45) is 7.05 Å². The third-order valence-electron chi connectivity index (χ3n) is 4.51. The first kappa shape index (κ1) is 19.3. The molecule has 1 N–H and O–H groups in total. The molecule has 8 heteroatoms. The molecule has 4 rings (SSSR count). The lowest BCUT2D eigenvalue weighted by Crippen LogP contribution is -2.08. The number of hydrogen-bond acceptors (Lipinski definition) is 4. The molecule has 0 unspecified atom stereocenters. The molecule has 0 bridgehead atoms. The zero-order valence-electron chi connectivity index (χ0n) is 16.2. The quantitative estimate of drug-likeness (QED) is 0.501. The minimum absolute atomic E-state index is 0.259. The number of amides is 1. The van der Waals surface area contributed by atoms with Crippen LogP contribution in [0.25, 0.3) is 17.3 Å². The van der Waals surface area contributed by atoms with Gasteiger partial charge in [-0.25, -0.2) is 4.39 Å². The Morgan fingerprint density at radius 2 is 1.73 bits per heavy atom. The van der Waals surface area contributed by atoms with Crippen LogP contribution < -0.4 is 5.32 Å². The van der Waals surface area contributed by atoms with E-state index in [4.69, 9.17) is 0 Å². The number of carbonyl (C=O) groups is 1. The van der Waals surface area contributed by atoms with Gasteiger partial charge in [-0.1, -0.05) is 12.1 Å². The number of anilines is 1. The first-order chi connectivity index (χ1) is 14.6. The summed E-state index contributed by atoms with van der Waals surface area (Å²) in [4.78, 5) is 13.9. The van der Waals surface area contributed by atoms with Crippen molar-refractivity contribution in [2.45, 2.75) is 6.54 Å². The Balaban J connectivity index is 1.42. The van der Waals surface area contributed by atoms with E-state index in [1.807, 2.05) is 24.3 Å². The molecule has 0 spiro atoms. The van der Waals surface area contributed by atoms with Gasteiger partial charge in [0.05, 0.1) is 30.8 Å². The van der Waals surface area contributed by atoms with Gasteiger partial charge in [0.1, 0.15) is 5.82 Å². The second kappa shape index (κ2) is 8.52. The van der Waals surface area contributed by atoms with Gasteiger partial charge in [-0.3, -0.25) is 9.48 Å². The van der Waals surface area contributed by atoms with Crippen molar-refractivity contribution in [1.82, 2.24) is 24.8 Å². The van der Waals surface area contributed by atoms with E-state index in [1.54, 1.807) is 53.3 Å². The lowest BCUT2D eigenvalue weighted by Gasteiger charge is -2.05. The molecule has 0 atom stereocenters. The van der Waals surface area contributed by atoms with Gasteiger partial charge in [-0.05, 0) is 48.0 Å². The third kappa shape index (κ3) is 4.49. The Morgan fingerprint density at radius 1 is 1.03 bits per heavy atom. The standard InChI is InChI=1S/C22H19FN6O/c1-28-22(17-4-7-19(23)8-5-17)18(14-26-28)6-11-21(30)27-20-9-2-16(3-10-20)15-29-24-12-13-25-29/h2-14H,15H2,1H3,(H,27,30)/b11-6+. The van der Waals surface area contributed by atoms with E-state index >= 15 is 0 Å². The minimum atomic E-state index is -0.302. The Kier molecular flexibility index (Phi) is 5.47. The average molecular weight is 402 g/mol. The van der Waals surface area contributed by atoms with E-state index in [-0.39, 0.29) is 11.7 Å². The summed E-state index contributed by atoms with van der Waals surface area (Å²) in [6.07, 6.45) is 8.07. The second-order valence-corrected chi connectivity index (χ2v) is 6.66. The van der Waals surface area contributed by atoms with Crippen LogP contribution in [0.1, 0.15) is 11.1 Å². The van der Waals surface area contributed by atoms with Crippen LogP contribution >= 0.6 is 0 Å². The number of carbonyl (C=O) groups excluding carboxylic acids is 1. The molecule has 0 aliphatic carbocycles. The predicted molar refractivity (Wildman–Crippen MR) is 112 cm³/mol. The van der Waals surface area contributed by atoms with Crippen molar-refractivity contribution in [2.75, 3.05) is 5.32 Å². The third-order valence-corrected chi connectivity index (χ3v) is 4.51. The lowest BCUT2D eigenvalue weighted by molar-refractivity contribution is -0.111. The fraction of sp³-hybridized carbons (Fsp3) is 0.0909. The molecular formula is C22H19FN6O. The Morgan fingerprint density at radius 3 is 2.43 bits per heavy atom. The molecule has 0 fully saturated rings. The van der Waals surface area contributed by atoms with Crippen LogP contribution in [0.5, 0.6) is 0 Å². The summed E-state index contributed by atoms with van der Waals surface area (Å²) in [6.45, 7) is 0.564. The first-order valence-corrected chi connectivity index (χ1v) is 9.28. The summed E-state index contributed by atoms with van der Waals surface area (Å²) in [5.74, 6) is -0.560. The number of nitrogens with one attached hydrogen (secondary N) is 1. The van der Waals surface area contributed by atoms with Crippen molar-refractivity contribution in [3.63, 3.8) is 0 Å². The SMILES string of the molecule is Cn1ncc(/C=C/C(=O)Nc2ccc(Cn3nccn3)cc2)c1-c1ccc(F)cc1. The zero-order valence-corrected chi connectivity index (χ0v) is 16.2. The molecule has 2 aromatic heterocycles. The molecule has 150 valence electrons. The maximum atomic E-state index is 13.2. The summed E-state index contributed by atoms with van der Waals surface area (Å²) >= 11 is 0. The van der Waals surface area contributed by atoms with Gasteiger partial charge in [0, 0.05) is 29.9 Å². The van der Waals surface area contributed by atoms with Crippen molar-refractivity contribution < 1.29 is 9.18 Å². The summed E-state index contributed by atoms with van der Waals surface area (Å²) in [7, 11) is 1.80. The van der Waals surface area contributed by atoms with E-state index in [0.717, 1.165) is 22.4 Å². The van der Waals surface area contributed by atoms with Crippen LogP contribution in [-0.2, 0) is 18.4 Å². The highest BCUT2D eigenvalue weighted by Crippen LogP contribution is 2.24. The number of nitrogens with zero attached hydrogens (tertiary/aromatic N) is 5. The van der Waals surface area contributed by atoms with Gasteiger partial charge in [-0.15, -0.1) is 0 Å². The minimum Gasteiger partial charge on any atom is -0.323 e. The molecule has 2 heterocycles. The molecule has 7 nitrogen and oxygen atoms in total. The van der Waals surface area contributed by atoms with Crippen molar-refractivity contribution in [1.29, 1.82) is 0 Å². The molecule has 4 aromatic rings. The van der Waals surface area contributed by atoms with Crippen molar-refractivity contribution in [3.05, 3.63) is 90.1 Å². The van der Waals surface area contributed by atoms with Crippen molar-refractivity contribution in [3.8, 4) is 11.3 Å². The largest absolute Gasteiger partial charge is 0.323 e. The summed E-state index contributed by atoms with van der Waals surface area (Å²) in [6, 6.07) is 13.7. The Bertz CT molecular complexity index is 1160.